The highest BCUT2D eigenvalue weighted by Gasteiger charge is 2.05. The number of carbonyl (C=O) groups is 1. The second kappa shape index (κ2) is 4.67. The van der Waals surface area contributed by atoms with Crippen molar-refractivity contribution >= 4 is 5.97 Å². The number of hydrogen-bond donors (Lipinski definition) is 2. The van der Waals surface area contributed by atoms with Crippen molar-refractivity contribution in [3.8, 4) is 0 Å². The van der Waals surface area contributed by atoms with Gasteiger partial charge in [-0.2, -0.15) is 0 Å². The first-order valence-corrected chi connectivity index (χ1v) is 4.17. The first kappa shape index (κ1) is 9.80. The number of furan rings is 1. The molecule has 4 heteroatoms. The third-order valence-electron chi connectivity index (χ3n) is 1.83. The Morgan fingerprint density at radius 1 is 1.77 bits per heavy atom. The summed E-state index contributed by atoms with van der Waals surface area (Å²) in [6.45, 7) is 2.44. The fraction of sp³-hybridized carbons (Fsp3) is 0.444. The largest absolute Gasteiger partial charge is 0.481 e. The molecule has 0 aromatic carbocycles. The van der Waals surface area contributed by atoms with Crippen LogP contribution in [0, 0.1) is 0 Å². The zero-order valence-electron chi connectivity index (χ0n) is 7.49. The monoisotopic (exact) mass is 183 g/mol. The van der Waals surface area contributed by atoms with Crippen LogP contribution in [-0.4, -0.2) is 17.6 Å². The Morgan fingerprint density at radius 2 is 2.54 bits per heavy atom. The van der Waals surface area contributed by atoms with E-state index >= 15 is 0 Å². The Morgan fingerprint density at radius 3 is 3.08 bits per heavy atom. The number of aliphatic carboxylic acids is 1. The van der Waals surface area contributed by atoms with Crippen molar-refractivity contribution in [3.05, 3.63) is 24.2 Å². The van der Waals surface area contributed by atoms with Crippen LogP contribution < -0.4 is 5.32 Å². The average Bonchev–Trinajstić information content (AvgIpc) is 2.55. The third-order valence-corrected chi connectivity index (χ3v) is 1.83. The number of rotatable bonds is 5. The number of hydrogen-bond acceptors (Lipinski definition) is 3. The standard InChI is InChI=1S/C9H13NO3/c1-7(8-3-5-13-6-8)10-4-2-9(11)12/h3,5-7,10H,2,4H2,1H3,(H,11,12). The van der Waals surface area contributed by atoms with E-state index < -0.39 is 5.97 Å². The van der Waals surface area contributed by atoms with E-state index in [1.165, 1.54) is 0 Å². The molecule has 72 valence electrons. The molecular formula is C9H13NO3. The van der Waals surface area contributed by atoms with Crippen LogP contribution in [-0.2, 0) is 4.79 Å². The van der Waals surface area contributed by atoms with Crippen LogP contribution in [0.3, 0.4) is 0 Å². The molecule has 1 unspecified atom stereocenters. The van der Waals surface area contributed by atoms with Gasteiger partial charge in [0.25, 0.3) is 0 Å². The minimum absolute atomic E-state index is 0.137. The second-order valence-electron chi connectivity index (χ2n) is 2.88. The lowest BCUT2D eigenvalue weighted by molar-refractivity contribution is -0.136. The predicted molar refractivity (Wildman–Crippen MR) is 47.4 cm³/mol. The highest BCUT2D eigenvalue weighted by Crippen LogP contribution is 2.11. The van der Waals surface area contributed by atoms with E-state index in [0.29, 0.717) is 6.54 Å². The Kier molecular flexibility index (Phi) is 3.52. The lowest BCUT2D eigenvalue weighted by atomic mass is 10.2. The molecule has 0 saturated heterocycles. The summed E-state index contributed by atoms with van der Waals surface area (Å²) in [5.74, 6) is -0.785. The van der Waals surface area contributed by atoms with Gasteiger partial charge in [0.2, 0.25) is 0 Å². The molecule has 0 saturated carbocycles. The molecule has 0 aliphatic carbocycles. The van der Waals surface area contributed by atoms with Gasteiger partial charge in [-0.15, -0.1) is 0 Å². The van der Waals surface area contributed by atoms with Crippen LogP contribution in [0.4, 0.5) is 0 Å². The quantitative estimate of drug-likeness (QED) is 0.724. The molecule has 0 aliphatic heterocycles. The van der Waals surface area contributed by atoms with Crippen LogP contribution >= 0.6 is 0 Å². The minimum Gasteiger partial charge on any atom is -0.481 e. The van der Waals surface area contributed by atoms with E-state index in [4.69, 9.17) is 9.52 Å². The number of carboxylic acids is 1. The number of nitrogens with one attached hydrogen (secondary N) is 1. The summed E-state index contributed by atoms with van der Waals surface area (Å²) in [5.41, 5.74) is 1.03. The number of carboxylic acid groups (broad SMARTS) is 1. The molecule has 0 fully saturated rings. The zero-order valence-corrected chi connectivity index (χ0v) is 7.49. The van der Waals surface area contributed by atoms with Gasteiger partial charge in [-0.3, -0.25) is 4.79 Å². The van der Waals surface area contributed by atoms with Crippen molar-refractivity contribution in [1.82, 2.24) is 5.32 Å². The maximum absolute atomic E-state index is 10.2. The van der Waals surface area contributed by atoms with Gasteiger partial charge < -0.3 is 14.8 Å². The van der Waals surface area contributed by atoms with E-state index in [-0.39, 0.29) is 12.5 Å². The van der Waals surface area contributed by atoms with Gasteiger partial charge >= 0.3 is 5.97 Å². The maximum Gasteiger partial charge on any atom is 0.304 e. The highest BCUT2D eigenvalue weighted by molar-refractivity contribution is 5.66. The molecule has 0 spiro atoms. The molecule has 0 amide bonds. The van der Waals surface area contributed by atoms with E-state index in [0.717, 1.165) is 5.56 Å². The molecule has 0 radical (unpaired) electrons. The molecule has 1 aromatic heterocycles. The normalized spacial score (nSPS) is 12.7. The molecule has 4 nitrogen and oxygen atoms in total. The van der Waals surface area contributed by atoms with Crippen molar-refractivity contribution < 1.29 is 14.3 Å². The van der Waals surface area contributed by atoms with Crippen LogP contribution in [0.1, 0.15) is 24.9 Å². The predicted octanol–water partition coefficient (Wildman–Crippen LogP) is 1.40. The molecule has 1 aromatic rings. The Balaban J connectivity index is 2.26. The fourth-order valence-corrected chi connectivity index (χ4v) is 1.03. The topological polar surface area (TPSA) is 62.5 Å². The molecule has 0 aliphatic rings. The maximum atomic E-state index is 10.2. The minimum atomic E-state index is -0.785. The van der Waals surface area contributed by atoms with Gasteiger partial charge in [-0.1, -0.05) is 0 Å². The Bertz CT molecular complexity index is 256. The van der Waals surface area contributed by atoms with Crippen LogP contribution in [0.15, 0.2) is 23.0 Å². The van der Waals surface area contributed by atoms with E-state index in [1.807, 2.05) is 13.0 Å². The second-order valence-corrected chi connectivity index (χ2v) is 2.88. The van der Waals surface area contributed by atoms with E-state index in [2.05, 4.69) is 5.32 Å². The van der Waals surface area contributed by atoms with Crippen LogP contribution in [0.2, 0.25) is 0 Å². The summed E-state index contributed by atoms with van der Waals surface area (Å²) in [5, 5.41) is 11.5. The molecule has 1 atom stereocenters. The van der Waals surface area contributed by atoms with Crippen molar-refractivity contribution in [2.24, 2.45) is 0 Å². The molecule has 1 rings (SSSR count). The SMILES string of the molecule is CC(NCCC(=O)O)c1ccoc1. The third kappa shape index (κ3) is 3.29. The lowest BCUT2D eigenvalue weighted by Crippen LogP contribution is -2.21. The van der Waals surface area contributed by atoms with E-state index in [1.54, 1.807) is 12.5 Å². The smallest absolute Gasteiger partial charge is 0.304 e. The molecule has 2 N–H and O–H groups in total. The zero-order chi connectivity index (χ0) is 9.68. The highest BCUT2D eigenvalue weighted by atomic mass is 16.4. The summed E-state index contributed by atoms with van der Waals surface area (Å²) in [6, 6.07) is 2.00. The summed E-state index contributed by atoms with van der Waals surface area (Å²) in [6.07, 6.45) is 3.39. The van der Waals surface area contributed by atoms with Crippen molar-refractivity contribution in [3.63, 3.8) is 0 Å². The lowest BCUT2D eigenvalue weighted by Gasteiger charge is -2.09. The Hall–Kier alpha value is -1.29. The van der Waals surface area contributed by atoms with Crippen LogP contribution in [0.5, 0.6) is 0 Å². The summed E-state index contributed by atoms with van der Waals surface area (Å²) in [7, 11) is 0. The van der Waals surface area contributed by atoms with E-state index in [9.17, 15) is 4.79 Å². The summed E-state index contributed by atoms with van der Waals surface area (Å²) >= 11 is 0. The van der Waals surface area contributed by atoms with Crippen molar-refractivity contribution in [1.29, 1.82) is 0 Å². The molecular weight excluding hydrogens is 170 g/mol. The molecule has 13 heavy (non-hydrogen) atoms. The van der Waals surface area contributed by atoms with Crippen molar-refractivity contribution in [2.45, 2.75) is 19.4 Å². The average molecular weight is 183 g/mol. The van der Waals surface area contributed by atoms with Gasteiger partial charge in [0.15, 0.2) is 0 Å². The fourth-order valence-electron chi connectivity index (χ4n) is 1.03. The van der Waals surface area contributed by atoms with Gasteiger partial charge in [0.1, 0.15) is 0 Å². The first-order valence-electron chi connectivity index (χ1n) is 4.17. The van der Waals surface area contributed by atoms with Gasteiger partial charge in [-0.25, -0.2) is 0 Å². The van der Waals surface area contributed by atoms with Crippen LogP contribution in [0.25, 0.3) is 0 Å². The molecule has 0 bridgehead atoms. The van der Waals surface area contributed by atoms with Crippen molar-refractivity contribution in [2.75, 3.05) is 6.54 Å². The van der Waals surface area contributed by atoms with Gasteiger partial charge in [0, 0.05) is 18.2 Å². The molecule has 1 heterocycles. The van der Waals surface area contributed by atoms with Gasteiger partial charge in [0.05, 0.1) is 18.9 Å². The summed E-state index contributed by atoms with van der Waals surface area (Å²) < 4.78 is 4.91. The van der Waals surface area contributed by atoms with Gasteiger partial charge in [-0.05, 0) is 13.0 Å². The first-order chi connectivity index (χ1) is 6.20. The Labute approximate surface area is 76.6 Å². The summed E-state index contributed by atoms with van der Waals surface area (Å²) in [4.78, 5) is 10.2.